The number of carbonyl (C=O) groups excluding carboxylic acids is 1. The van der Waals surface area contributed by atoms with Crippen LogP contribution in [0.2, 0.25) is 0 Å². The zero-order valence-electron chi connectivity index (χ0n) is 14.5. The number of H-pyrrole nitrogens is 1. The first-order valence-corrected chi connectivity index (χ1v) is 8.58. The summed E-state index contributed by atoms with van der Waals surface area (Å²) in [4.78, 5) is 14.4. The Morgan fingerprint density at radius 1 is 1.32 bits per heavy atom. The van der Waals surface area contributed by atoms with Gasteiger partial charge in [0.15, 0.2) is 0 Å². The summed E-state index contributed by atoms with van der Waals surface area (Å²) in [5.74, 6) is 1.05. The Morgan fingerprint density at radius 3 is 2.56 bits per heavy atom. The SMILES string of the molecule is CC(C)c1cc(C(=O)N2CCC(Oc3ccc(C#N)cc3)CC2)n[nH]1. The summed E-state index contributed by atoms with van der Waals surface area (Å²) in [6, 6.07) is 11.1. The van der Waals surface area contributed by atoms with Gasteiger partial charge < -0.3 is 9.64 Å². The molecule has 1 fully saturated rings. The van der Waals surface area contributed by atoms with Crippen molar-refractivity contribution in [3.63, 3.8) is 0 Å². The van der Waals surface area contributed by atoms with Crippen molar-refractivity contribution in [2.24, 2.45) is 0 Å². The van der Waals surface area contributed by atoms with E-state index in [0.717, 1.165) is 24.3 Å². The molecule has 1 amide bonds. The van der Waals surface area contributed by atoms with E-state index in [4.69, 9.17) is 10.00 Å². The minimum Gasteiger partial charge on any atom is -0.490 e. The highest BCUT2D eigenvalue weighted by molar-refractivity contribution is 5.92. The Hall–Kier alpha value is -2.81. The number of aromatic nitrogens is 2. The number of carbonyl (C=O) groups is 1. The molecule has 0 saturated carbocycles. The van der Waals surface area contributed by atoms with E-state index in [-0.39, 0.29) is 12.0 Å². The Bertz CT molecular complexity index is 765. The standard InChI is InChI=1S/C19H22N4O2/c1-13(2)17-11-18(22-21-17)19(24)23-9-7-16(8-10-23)25-15-5-3-14(12-20)4-6-15/h3-6,11,13,16H,7-10H2,1-2H3,(H,21,22). The topological polar surface area (TPSA) is 82.0 Å². The van der Waals surface area contributed by atoms with Crippen LogP contribution in [-0.2, 0) is 0 Å². The lowest BCUT2D eigenvalue weighted by molar-refractivity contribution is 0.0590. The van der Waals surface area contributed by atoms with Crippen LogP contribution in [0.15, 0.2) is 30.3 Å². The fraction of sp³-hybridized carbons (Fsp3) is 0.421. The van der Waals surface area contributed by atoms with Gasteiger partial charge in [-0.15, -0.1) is 0 Å². The van der Waals surface area contributed by atoms with E-state index in [1.807, 2.05) is 23.1 Å². The van der Waals surface area contributed by atoms with Crippen molar-refractivity contribution in [1.29, 1.82) is 5.26 Å². The molecule has 1 aliphatic rings. The van der Waals surface area contributed by atoms with E-state index in [0.29, 0.717) is 30.3 Å². The molecule has 0 unspecified atom stereocenters. The molecule has 0 aliphatic carbocycles. The van der Waals surface area contributed by atoms with Crippen molar-refractivity contribution in [3.8, 4) is 11.8 Å². The van der Waals surface area contributed by atoms with Crippen LogP contribution in [-0.4, -0.2) is 40.2 Å². The van der Waals surface area contributed by atoms with Gasteiger partial charge in [0.1, 0.15) is 17.5 Å². The number of ether oxygens (including phenoxy) is 1. The van der Waals surface area contributed by atoms with Gasteiger partial charge in [0.05, 0.1) is 11.6 Å². The van der Waals surface area contributed by atoms with Gasteiger partial charge in [-0.2, -0.15) is 10.4 Å². The number of hydrogen-bond donors (Lipinski definition) is 1. The number of nitriles is 1. The van der Waals surface area contributed by atoms with Crippen LogP contribution in [0.5, 0.6) is 5.75 Å². The summed E-state index contributed by atoms with van der Waals surface area (Å²) in [7, 11) is 0. The maximum atomic E-state index is 12.5. The molecule has 0 bridgehead atoms. The number of nitrogens with zero attached hydrogens (tertiary/aromatic N) is 3. The summed E-state index contributed by atoms with van der Waals surface area (Å²) in [6.07, 6.45) is 1.66. The first-order valence-electron chi connectivity index (χ1n) is 8.58. The molecule has 6 heteroatoms. The number of piperidine rings is 1. The molecule has 0 atom stereocenters. The predicted octanol–water partition coefficient (Wildman–Crippen LogP) is 3.09. The van der Waals surface area contributed by atoms with Crippen LogP contribution in [0.1, 0.15) is 54.4 Å². The van der Waals surface area contributed by atoms with E-state index < -0.39 is 0 Å². The van der Waals surface area contributed by atoms with Gasteiger partial charge in [-0.3, -0.25) is 9.89 Å². The lowest BCUT2D eigenvalue weighted by Gasteiger charge is -2.31. The van der Waals surface area contributed by atoms with Crippen molar-refractivity contribution < 1.29 is 9.53 Å². The van der Waals surface area contributed by atoms with E-state index in [1.165, 1.54) is 0 Å². The Morgan fingerprint density at radius 2 is 2.00 bits per heavy atom. The average Bonchev–Trinajstić information content (AvgIpc) is 3.13. The summed E-state index contributed by atoms with van der Waals surface area (Å²) >= 11 is 0. The van der Waals surface area contributed by atoms with Gasteiger partial charge >= 0.3 is 0 Å². The number of likely N-dealkylation sites (tertiary alicyclic amines) is 1. The first-order chi connectivity index (χ1) is 12.1. The second-order valence-corrected chi connectivity index (χ2v) is 6.61. The molecule has 0 radical (unpaired) electrons. The van der Waals surface area contributed by atoms with Crippen molar-refractivity contribution in [2.75, 3.05) is 13.1 Å². The quantitative estimate of drug-likeness (QED) is 0.929. The maximum Gasteiger partial charge on any atom is 0.274 e. The minimum absolute atomic E-state index is 0.0278. The van der Waals surface area contributed by atoms with Crippen molar-refractivity contribution in [2.45, 2.75) is 38.7 Å². The van der Waals surface area contributed by atoms with E-state index in [9.17, 15) is 4.79 Å². The van der Waals surface area contributed by atoms with Crippen LogP contribution in [0, 0.1) is 11.3 Å². The third-order valence-electron chi connectivity index (χ3n) is 4.45. The largest absolute Gasteiger partial charge is 0.490 e. The second-order valence-electron chi connectivity index (χ2n) is 6.61. The highest BCUT2D eigenvalue weighted by Crippen LogP contribution is 2.21. The summed E-state index contributed by atoms with van der Waals surface area (Å²) in [6.45, 7) is 5.44. The summed E-state index contributed by atoms with van der Waals surface area (Å²) in [5.41, 5.74) is 2.07. The Kier molecular flexibility index (Phi) is 5.03. The Balaban J connectivity index is 1.53. The minimum atomic E-state index is -0.0278. The van der Waals surface area contributed by atoms with Gasteiger partial charge in [-0.1, -0.05) is 13.8 Å². The van der Waals surface area contributed by atoms with Crippen molar-refractivity contribution >= 4 is 5.91 Å². The molecular weight excluding hydrogens is 316 g/mol. The molecule has 25 heavy (non-hydrogen) atoms. The van der Waals surface area contributed by atoms with Crippen LogP contribution in [0.25, 0.3) is 0 Å². The van der Waals surface area contributed by atoms with Gasteiger partial charge in [0, 0.05) is 31.6 Å². The number of nitrogens with one attached hydrogen (secondary N) is 1. The number of aromatic amines is 1. The molecule has 2 heterocycles. The van der Waals surface area contributed by atoms with E-state index >= 15 is 0 Å². The summed E-state index contributed by atoms with van der Waals surface area (Å²) in [5, 5.41) is 15.9. The molecule has 1 aromatic heterocycles. The number of rotatable bonds is 4. The average molecular weight is 338 g/mol. The van der Waals surface area contributed by atoms with Crippen molar-refractivity contribution in [3.05, 3.63) is 47.3 Å². The molecule has 130 valence electrons. The van der Waals surface area contributed by atoms with E-state index in [1.54, 1.807) is 12.1 Å². The van der Waals surface area contributed by atoms with Crippen LogP contribution in [0.4, 0.5) is 0 Å². The van der Waals surface area contributed by atoms with Gasteiger partial charge in [0.25, 0.3) is 5.91 Å². The lowest BCUT2D eigenvalue weighted by atomic mass is 10.1. The zero-order chi connectivity index (χ0) is 17.8. The summed E-state index contributed by atoms with van der Waals surface area (Å²) < 4.78 is 5.95. The highest BCUT2D eigenvalue weighted by Gasteiger charge is 2.26. The maximum absolute atomic E-state index is 12.5. The third-order valence-corrected chi connectivity index (χ3v) is 4.45. The highest BCUT2D eigenvalue weighted by atomic mass is 16.5. The monoisotopic (exact) mass is 338 g/mol. The van der Waals surface area contributed by atoms with E-state index in [2.05, 4.69) is 30.1 Å². The van der Waals surface area contributed by atoms with Crippen LogP contribution in [0.3, 0.4) is 0 Å². The molecule has 2 aromatic rings. The third kappa shape index (κ3) is 4.00. The first kappa shape index (κ1) is 17.0. The Labute approximate surface area is 147 Å². The van der Waals surface area contributed by atoms with Gasteiger partial charge in [0.2, 0.25) is 0 Å². The van der Waals surface area contributed by atoms with Crippen molar-refractivity contribution in [1.82, 2.24) is 15.1 Å². The fourth-order valence-corrected chi connectivity index (χ4v) is 2.88. The lowest BCUT2D eigenvalue weighted by Crippen LogP contribution is -2.41. The molecule has 3 rings (SSSR count). The van der Waals surface area contributed by atoms with Gasteiger partial charge in [-0.05, 0) is 36.2 Å². The molecule has 1 N–H and O–H groups in total. The predicted molar refractivity (Wildman–Crippen MR) is 93.4 cm³/mol. The zero-order valence-corrected chi connectivity index (χ0v) is 14.5. The number of hydrogen-bond acceptors (Lipinski definition) is 4. The molecule has 0 spiro atoms. The van der Waals surface area contributed by atoms with Gasteiger partial charge in [-0.25, -0.2) is 0 Å². The molecule has 1 aliphatic heterocycles. The fourth-order valence-electron chi connectivity index (χ4n) is 2.88. The van der Waals surface area contributed by atoms with Crippen LogP contribution < -0.4 is 4.74 Å². The number of benzene rings is 1. The molecule has 6 nitrogen and oxygen atoms in total. The molecule has 1 saturated heterocycles. The van der Waals surface area contributed by atoms with Crippen LogP contribution >= 0.6 is 0 Å². The second kappa shape index (κ2) is 7.39. The normalized spacial score (nSPS) is 15.2. The smallest absolute Gasteiger partial charge is 0.274 e. The molecular formula is C19H22N4O2. The number of amides is 1. The molecule has 1 aromatic carbocycles.